The number of amides is 1. The SMILES string of the molecule is CNC(=O)C(C#N)=Cc1c(C)nn(-c2cccc(C(F)(F)F)c2)c1Cl. The van der Waals surface area contributed by atoms with Gasteiger partial charge in [-0.1, -0.05) is 17.7 Å². The van der Waals surface area contributed by atoms with Crippen LogP contribution >= 0.6 is 11.6 Å². The van der Waals surface area contributed by atoms with Crippen molar-refractivity contribution in [2.45, 2.75) is 13.1 Å². The minimum Gasteiger partial charge on any atom is -0.354 e. The van der Waals surface area contributed by atoms with Crippen LogP contribution in [0.15, 0.2) is 29.8 Å². The predicted molar refractivity (Wildman–Crippen MR) is 86.0 cm³/mol. The summed E-state index contributed by atoms with van der Waals surface area (Å²) < 4.78 is 39.7. The van der Waals surface area contributed by atoms with Crippen molar-refractivity contribution in [3.8, 4) is 11.8 Å². The molecule has 1 aromatic carbocycles. The van der Waals surface area contributed by atoms with Crippen molar-refractivity contribution < 1.29 is 18.0 Å². The van der Waals surface area contributed by atoms with Gasteiger partial charge in [-0.2, -0.15) is 23.5 Å². The van der Waals surface area contributed by atoms with Crippen LogP contribution in [0.3, 0.4) is 0 Å². The number of likely N-dealkylation sites (N-methyl/N-ethyl adjacent to an activating group) is 1. The standard InChI is InChI=1S/C16H12ClF3N4O/c1-9-13(6-10(8-21)15(25)22-2)14(17)24(23-9)12-5-3-4-11(7-12)16(18,19)20/h3-7H,1-2H3,(H,22,25). The van der Waals surface area contributed by atoms with Gasteiger partial charge in [0.2, 0.25) is 0 Å². The third-order valence-corrected chi connectivity index (χ3v) is 3.71. The fourth-order valence-corrected chi connectivity index (χ4v) is 2.41. The van der Waals surface area contributed by atoms with Crippen molar-refractivity contribution >= 4 is 23.6 Å². The molecule has 1 amide bonds. The predicted octanol–water partition coefficient (Wildman–Crippen LogP) is 3.51. The van der Waals surface area contributed by atoms with Crippen molar-refractivity contribution in [2.24, 2.45) is 0 Å². The third kappa shape index (κ3) is 3.83. The van der Waals surface area contributed by atoms with Gasteiger partial charge in [-0.15, -0.1) is 0 Å². The van der Waals surface area contributed by atoms with E-state index in [0.29, 0.717) is 5.69 Å². The fraction of sp³-hybridized carbons (Fsp3) is 0.188. The minimum atomic E-state index is -4.50. The second kappa shape index (κ2) is 6.99. The molecular weight excluding hydrogens is 357 g/mol. The molecule has 25 heavy (non-hydrogen) atoms. The number of hydrogen-bond donors (Lipinski definition) is 1. The number of aromatic nitrogens is 2. The summed E-state index contributed by atoms with van der Waals surface area (Å²) in [5.74, 6) is -0.607. The monoisotopic (exact) mass is 368 g/mol. The van der Waals surface area contributed by atoms with E-state index in [1.54, 1.807) is 13.0 Å². The van der Waals surface area contributed by atoms with Crippen LogP contribution in [0, 0.1) is 18.3 Å². The number of rotatable bonds is 3. The summed E-state index contributed by atoms with van der Waals surface area (Å²) in [6, 6.07) is 6.25. The van der Waals surface area contributed by atoms with E-state index in [2.05, 4.69) is 10.4 Å². The number of nitrogens with one attached hydrogen (secondary N) is 1. The van der Waals surface area contributed by atoms with Gasteiger partial charge in [0.15, 0.2) is 0 Å². The Labute approximate surface area is 146 Å². The van der Waals surface area contributed by atoms with Crippen molar-refractivity contribution in [3.05, 3.63) is 51.8 Å². The summed E-state index contributed by atoms with van der Waals surface area (Å²) in [5.41, 5.74) is -0.287. The molecule has 0 aliphatic heterocycles. The van der Waals surface area contributed by atoms with Gasteiger partial charge in [-0.3, -0.25) is 4.79 Å². The van der Waals surface area contributed by atoms with Crippen molar-refractivity contribution in [1.29, 1.82) is 5.26 Å². The number of benzene rings is 1. The summed E-state index contributed by atoms with van der Waals surface area (Å²) in [4.78, 5) is 11.6. The van der Waals surface area contributed by atoms with E-state index in [1.807, 2.05) is 0 Å². The summed E-state index contributed by atoms with van der Waals surface area (Å²) >= 11 is 6.21. The summed E-state index contributed by atoms with van der Waals surface area (Å²) in [6.07, 6.45) is -3.26. The Morgan fingerprint density at radius 2 is 2.12 bits per heavy atom. The summed E-state index contributed by atoms with van der Waals surface area (Å²) in [5, 5.41) is 15.5. The van der Waals surface area contributed by atoms with Crippen molar-refractivity contribution in [3.63, 3.8) is 0 Å². The van der Waals surface area contributed by atoms with Gasteiger partial charge in [-0.25, -0.2) is 4.68 Å². The molecule has 2 rings (SSSR count). The topological polar surface area (TPSA) is 70.7 Å². The molecule has 0 bridgehead atoms. The lowest BCUT2D eigenvalue weighted by molar-refractivity contribution is -0.137. The van der Waals surface area contributed by atoms with E-state index in [-0.39, 0.29) is 22.0 Å². The average Bonchev–Trinajstić information content (AvgIpc) is 2.86. The molecule has 0 aliphatic rings. The van der Waals surface area contributed by atoms with Gasteiger partial charge >= 0.3 is 6.18 Å². The quantitative estimate of drug-likeness (QED) is 0.665. The van der Waals surface area contributed by atoms with E-state index in [4.69, 9.17) is 16.9 Å². The zero-order valence-corrected chi connectivity index (χ0v) is 13.9. The highest BCUT2D eigenvalue weighted by Crippen LogP contribution is 2.32. The van der Waals surface area contributed by atoms with Gasteiger partial charge in [0, 0.05) is 12.6 Å². The smallest absolute Gasteiger partial charge is 0.354 e. The molecule has 0 fully saturated rings. The van der Waals surface area contributed by atoms with Gasteiger partial charge in [0.05, 0.1) is 16.9 Å². The van der Waals surface area contributed by atoms with Crippen LogP contribution < -0.4 is 5.32 Å². The lowest BCUT2D eigenvalue weighted by Gasteiger charge is -2.09. The summed E-state index contributed by atoms with van der Waals surface area (Å²) in [7, 11) is 1.37. The molecule has 1 aromatic heterocycles. The molecule has 0 unspecified atom stereocenters. The van der Waals surface area contributed by atoms with Crippen LogP contribution in [0.1, 0.15) is 16.8 Å². The maximum atomic E-state index is 12.9. The number of halogens is 4. The van der Waals surface area contributed by atoms with Gasteiger partial charge < -0.3 is 5.32 Å². The van der Waals surface area contributed by atoms with E-state index in [9.17, 15) is 18.0 Å². The molecule has 130 valence electrons. The molecule has 1 heterocycles. The van der Waals surface area contributed by atoms with Crippen molar-refractivity contribution in [2.75, 3.05) is 7.05 Å². The maximum Gasteiger partial charge on any atom is 0.416 e. The largest absolute Gasteiger partial charge is 0.416 e. The highest BCUT2D eigenvalue weighted by molar-refractivity contribution is 6.31. The van der Waals surface area contributed by atoms with E-state index < -0.39 is 17.6 Å². The molecule has 2 aromatic rings. The fourth-order valence-electron chi connectivity index (χ4n) is 2.09. The first kappa shape index (κ1) is 18.5. The first-order valence-electron chi connectivity index (χ1n) is 6.95. The molecule has 0 radical (unpaired) electrons. The van der Waals surface area contributed by atoms with Crippen LogP contribution in [0.5, 0.6) is 0 Å². The molecule has 0 atom stereocenters. The van der Waals surface area contributed by atoms with Crippen LogP contribution in [0.2, 0.25) is 5.15 Å². The average molecular weight is 369 g/mol. The molecule has 5 nitrogen and oxygen atoms in total. The number of carbonyl (C=O) groups excluding carboxylic acids is 1. The maximum absolute atomic E-state index is 12.9. The van der Waals surface area contributed by atoms with Crippen molar-refractivity contribution in [1.82, 2.24) is 15.1 Å². The number of carbonyl (C=O) groups is 1. The van der Waals surface area contributed by atoms with E-state index >= 15 is 0 Å². The number of hydrogen-bond acceptors (Lipinski definition) is 3. The zero-order valence-electron chi connectivity index (χ0n) is 13.1. The lowest BCUT2D eigenvalue weighted by atomic mass is 10.1. The second-order valence-corrected chi connectivity index (χ2v) is 5.36. The lowest BCUT2D eigenvalue weighted by Crippen LogP contribution is -2.19. The molecule has 0 aliphatic carbocycles. The van der Waals surface area contributed by atoms with Crippen LogP contribution in [-0.4, -0.2) is 22.7 Å². The first-order chi connectivity index (χ1) is 11.7. The Bertz CT molecular complexity index is 894. The molecule has 0 spiro atoms. The molecule has 1 N–H and O–H groups in total. The molecule has 0 saturated carbocycles. The summed E-state index contributed by atoms with van der Waals surface area (Å²) in [6.45, 7) is 1.57. The Morgan fingerprint density at radius 3 is 2.68 bits per heavy atom. The Kier molecular flexibility index (Phi) is 5.18. The van der Waals surface area contributed by atoms with Gasteiger partial charge in [0.25, 0.3) is 5.91 Å². The number of alkyl halides is 3. The second-order valence-electron chi connectivity index (χ2n) is 5.00. The van der Waals surface area contributed by atoms with Crippen LogP contribution in [0.25, 0.3) is 11.8 Å². The van der Waals surface area contributed by atoms with Gasteiger partial charge in [0.1, 0.15) is 16.8 Å². The van der Waals surface area contributed by atoms with E-state index in [0.717, 1.165) is 16.8 Å². The number of nitriles is 1. The Hall–Kier alpha value is -2.79. The number of nitrogens with zero attached hydrogens (tertiary/aromatic N) is 3. The molecule has 0 saturated heterocycles. The number of aryl methyl sites for hydroxylation is 1. The highest BCUT2D eigenvalue weighted by atomic mass is 35.5. The minimum absolute atomic E-state index is 0.00604. The zero-order chi connectivity index (χ0) is 18.8. The Balaban J connectivity index is 2.56. The van der Waals surface area contributed by atoms with Crippen LogP contribution in [0.4, 0.5) is 13.2 Å². The third-order valence-electron chi connectivity index (χ3n) is 3.35. The molecule has 9 heteroatoms. The highest BCUT2D eigenvalue weighted by Gasteiger charge is 2.30. The van der Waals surface area contributed by atoms with Crippen LogP contribution in [-0.2, 0) is 11.0 Å². The normalized spacial score (nSPS) is 12.0. The first-order valence-corrected chi connectivity index (χ1v) is 7.33. The Morgan fingerprint density at radius 1 is 1.44 bits per heavy atom. The molecular formula is C16H12ClF3N4O. The van der Waals surface area contributed by atoms with Gasteiger partial charge in [-0.05, 0) is 31.2 Å². The van der Waals surface area contributed by atoms with E-state index in [1.165, 1.54) is 25.3 Å².